The molecule has 0 aliphatic carbocycles. The number of para-hydroxylation sites is 1. The third-order valence-corrected chi connectivity index (χ3v) is 1.82. The Labute approximate surface area is 79.2 Å². The number of aliphatic hydroxyl groups excluding tert-OH is 1. The van der Waals surface area contributed by atoms with Gasteiger partial charge in [0.05, 0.1) is 13.2 Å². The first-order valence-electron chi connectivity index (χ1n) is 4.38. The molecule has 1 aromatic carbocycles. The van der Waals surface area contributed by atoms with Gasteiger partial charge in [0.1, 0.15) is 5.75 Å². The highest BCUT2D eigenvalue weighted by molar-refractivity contribution is 5.38. The average molecular weight is 179 g/mol. The van der Waals surface area contributed by atoms with E-state index < -0.39 is 0 Å². The van der Waals surface area contributed by atoms with Gasteiger partial charge in [-0.3, -0.25) is 0 Å². The standard InChI is InChI=1S/C11H15O2/c1-9(12)7-8-10-5-3-4-6-11(10)13-2/h3-6,8-9,12H,7H2,1-2H3. The summed E-state index contributed by atoms with van der Waals surface area (Å²) in [5, 5.41) is 9.11. The molecular weight excluding hydrogens is 164 g/mol. The van der Waals surface area contributed by atoms with Crippen LogP contribution in [0.25, 0.3) is 0 Å². The van der Waals surface area contributed by atoms with Gasteiger partial charge in [-0.1, -0.05) is 18.2 Å². The topological polar surface area (TPSA) is 29.5 Å². The summed E-state index contributed by atoms with van der Waals surface area (Å²) in [6.45, 7) is 1.77. The molecule has 1 unspecified atom stereocenters. The van der Waals surface area contributed by atoms with Crippen molar-refractivity contribution in [2.75, 3.05) is 7.11 Å². The zero-order valence-electron chi connectivity index (χ0n) is 8.03. The molecule has 1 atom stereocenters. The fraction of sp³-hybridized carbons (Fsp3) is 0.364. The number of methoxy groups -OCH3 is 1. The molecular formula is C11H15O2. The number of hydrogen-bond acceptors (Lipinski definition) is 2. The van der Waals surface area contributed by atoms with Gasteiger partial charge in [-0.15, -0.1) is 0 Å². The van der Waals surface area contributed by atoms with Crippen LogP contribution in [0.3, 0.4) is 0 Å². The van der Waals surface area contributed by atoms with E-state index in [4.69, 9.17) is 9.84 Å². The van der Waals surface area contributed by atoms with E-state index in [0.717, 1.165) is 11.3 Å². The fourth-order valence-electron chi connectivity index (χ4n) is 1.13. The Morgan fingerprint density at radius 1 is 1.46 bits per heavy atom. The lowest BCUT2D eigenvalue weighted by molar-refractivity contribution is 0.195. The van der Waals surface area contributed by atoms with Gasteiger partial charge in [-0.2, -0.15) is 0 Å². The summed E-state index contributed by atoms with van der Waals surface area (Å²) in [5.74, 6) is 0.850. The Morgan fingerprint density at radius 3 is 2.77 bits per heavy atom. The predicted octanol–water partition coefficient (Wildman–Crippen LogP) is 2.02. The van der Waals surface area contributed by atoms with Crippen LogP contribution in [0.1, 0.15) is 18.9 Å². The lowest BCUT2D eigenvalue weighted by atomic mass is 10.1. The van der Waals surface area contributed by atoms with E-state index in [9.17, 15) is 0 Å². The summed E-state index contributed by atoms with van der Waals surface area (Å²) >= 11 is 0. The summed E-state index contributed by atoms with van der Waals surface area (Å²) < 4.78 is 5.16. The smallest absolute Gasteiger partial charge is 0.122 e. The summed E-state index contributed by atoms with van der Waals surface area (Å²) in [6.07, 6.45) is 2.33. The number of ether oxygens (including phenoxy) is 1. The molecule has 0 amide bonds. The molecule has 0 saturated heterocycles. The average Bonchev–Trinajstić information content (AvgIpc) is 2.15. The normalized spacial score (nSPS) is 12.5. The molecule has 0 bridgehead atoms. The third-order valence-electron chi connectivity index (χ3n) is 1.82. The molecule has 1 aromatic rings. The minimum atomic E-state index is -0.301. The van der Waals surface area contributed by atoms with E-state index in [-0.39, 0.29) is 6.10 Å². The molecule has 1 radical (unpaired) electrons. The summed E-state index contributed by atoms with van der Waals surface area (Å²) in [5.41, 5.74) is 1.03. The van der Waals surface area contributed by atoms with Crippen molar-refractivity contribution in [2.24, 2.45) is 0 Å². The minimum Gasteiger partial charge on any atom is -0.496 e. The van der Waals surface area contributed by atoms with Crippen molar-refractivity contribution in [1.29, 1.82) is 0 Å². The van der Waals surface area contributed by atoms with Crippen LogP contribution in [0.5, 0.6) is 5.75 Å². The van der Waals surface area contributed by atoms with Crippen molar-refractivity contribution in [2.45, 2.75) is 19.4 Å². The largest absolute Gasteiger partial charge is 0.496 e. The molecule has 1 N–H and O–H groups in total. The molecule has 0 heterocycles. The monoisotopic (exact) mass is 179 g/mol. The Balaban J connectivity index is 2.64. The van der Waals surface area contributed by atoms with Gasteiger partial charge in [0.15, 0.2) is 0 Å². The maximum atomic E-state index is 9.11. The molecule has 0 aliphatic heterocycles. The van der Waals surface area contributed by atoms with Crippen LogP contribution in [-0.4, -0.2) is 18.3 Å². The molecule has 0 saturated carbocycles. The maximum Gasteiger partial charge on any atom is 0.122 e. The van der Waals surface area contributed by atoms with Crippen LogP contribution >= 0.6 is 0 Å². The zero-order valence-corrected chi connectivity index (χ0v) is 8.03. The van der Waals surface area contributed by atoms with Gasteiger partial charge in [0.25, 0.3) is 0 Å². The second-order valence-corrected chi connectivity index (χ2v) is 3.03. The van der Waals surface area contributed by atoms with Crippen LogP contribution in [-0.2, 0) is 0 Å². The van der Waals surface area contributed by atoms with Crippen LogP contribution in [0, 0.1) is 6.42 Å². The number of rotatable bonds is 4. The van der Waals surface area contributed by atoms with Crippen molar-refractivity contribution in [1.82, 2.24) is 0 Å². The molecule has 0 spiro atoms. The van der Waals surface area contributed by atoms with Crippen molar-refractivity contribution < 1.29 is 9.84 Å². The van der Waals surface area contributed by atoms with Crippen molar-refractivity contribution in [3.05, 3.63) is 36.2 Å². The summed E-state index contributed by atoms with van der Waals surface area (Å²) in [7, 11) is 1.65. The Bertz CT molecular complexity index is 256. The Hall–Kier alpha value is -1.02. The molecule has 2 nitrogen and oxygen atoms in total. The second kappa shape index (κ2) is 4.87. The lowest BCUT2D eigenvalue weighted by Gasteiger charge is -2.08. The molecule has 13 heavy (non-hydrogen) atoms. The van der Waals surface area contributed by atoms with Crippen molar-refractivity contribution in [3.8, 4) is 5.75 Å². The molecule has 2 heteroatoms. The summed E-state index contributed by atoms with van der Waals surface area (Å²) in [6, 6.07) is 7.77. The molecule has 0 aromatic heterocycles. The first-order valence-corrected chi connectivity index (χ1v) is 4.38. The molecule has 0 aliphatic rings. The molecule has 0 fully saturated rings. The Morgan fingerprint density at radius 2 is 2.15 bits per heavy atom. The van der Waals surface area contributed by atoms with E-state index in [1.807, 2.05) is 30.7 Å². The van der Waals surface area contributed by atoms with E-state index in [2.05, 4.69) is 0 Å². The number of aliphatic hydroxyl groups is 1. The van der Waals surface area contributed by atoms with Gasteiger partial charge in [0, 0.05) is 0 Å². The van der Waals surface area contributed by atoms with E-state index in [1.54, 1.807) is 14.0 Å². The Kier molecular flexibility index (Phi) is 3.77. The third kappa shape index (κ3) is 3.07. The van der Waals surface area contributed by atoms with Crippen LogP contribution in [0.2, 0.25) is 0 Å². The van der Waals surface area contributed by atoms with Gasteiger partial charge < -0.3 is 9.84 Å². The van der Waals surface area contributed by atoms with Gasteiger partial charge in [-0.25, -0.2) is 0 Å². The summed E-state index contributed by atoms with van der Waals surface area (Å²) in [4.78, 5) is 0. The highest BCUT2D eigenvalue weighted by Crippen LogP contribution is 2.20. The predicted molar refractivity (Wildman–Crippen MR) is 52.7 cm³/mol. The second-order valence-electron chi connectivity index (χ2n) is 3.03. The highest BCUT2D eigenvalue weighted by atomic mass is 16.5. The SMILES string of the molecule is COc1ccccc1[CH]CC(C)O. The van der Waals surface area contributed by atoms with Crippen LogP contribution < -0.4 is 4.74 Å². The van der Waals surface area contributed by atoms with Crippen LogP contribution in [0.15, 0.2) is 24.3 Å². The zero-order chi connectivity index (χ0) is 9.68. The first kappa shape index (κ1) is 10.1. The number of hydrogen-bond donors (Lipinski definition) is 1. The van der Waals surface area contributed by atoms with Gasteiger partial charge in [0.2, 0.25) is 0 Å². The van der Waals surface area contributed by atoms with Crippen molar-refractivity contribution >= 4 is 0 Å². The minimum absolute atomic E-state index is 0.301. The first-order chi connectivity index (χ1) is 6.24. The fourth-order valence-corrected chi connectivity index (χ4v) is 1.13. The van der Waals surface area contributed by atoms with E-state index in [0.29, 0.717) is 6.42 Å². The number of benzene rings is 1. The quantitative estimate of drug-likeness (QED) is 0.766. The maximum absolute atomic E-state index is 9.11. The van der Waals surface area contributed by atoms with Crippen LogP contribution in [0.4, 0.5) is 0 Å². The van der Waals surface area contributed by atoms with Gasteiger partial charge >= 0.3 is 0 Å². The van der Waals surface area contributed by atoms with Gasteiger partial charge in [-0.05, 0) is 31.4 Å². The van der Waals surface area contributed by atoms with E-state index in [1.165, 1.54) is 0 Å². The van der Waals surface area contributed by atoms with Crippen molar-refractivity contribution in [3.63, 3.8) is 0 Å². The molecule has 71 valence electrons. The highest BCUT2D eigenvalue weighted by Gasteiger charge is 2.03. The lowest BCUT2D eigenvalue weighted by Crippen LogP contribution is -2.00. The van der Waals surface area contributed by atoms with E-state index >= 15 is 0 Å². The molecule has 1 rings (SSSR count).